The maximum Gasteiger partial charge on any atom is 0.410 e. The predicted molar refractivity (Wildman–Crippen MR) is 143 cm³/mol. The zero-order valence-corrected chi connectivity index (χ0v) is 21.9. The maximum atomic E-state index is 15.2. The largest absolute Gasteiger partial charge is 0.445 e. The monoisotopic (exact) mass is 569 g/mol. The summed E-state index contributed by atoms with van der Waals surface area (Å²) < 4.78 is 21.4. The molecule has 9 heteroatoms. The van der Waals surface area contributed by atoms with E-state index in [1.807, 2.05) is 43.3 Å². The van der Waals surface area contributed by atoms with Crippen molar-refractivity contribution in [3.8, 4) is 0 Å². The molecule has 0 radical (unpaired) electrons. The van der Waals surface area contributed by atoms with Crippen LogP contribution in [-0.2, 0) is 16.9 Å². The van der Waals surface area contributed by atoms with Gasteiger partial charge in [-0.1, -0.05) is 71.4 Å². The molecule has 0 saturated carbocycles. The van der Waals surface area contributed by atoms with E-state index in [0.717, 1.165) is 5.56 Å². The highest BCUT2D eigenvalue weighted by Gasteiger charge is 2.49. The number of halogens is 2. The van der Waals surface area contributed by atoms with Gasteiger partial charge in [0.1, 0.15) is 12.4 Å². The smallest absolute Gasteiger partial charge is 0.410 e. The number of likely N-dealkylation sites (tertiary alicyclic amines) is 1. The Bertz CT molecular complexity index is 1260. The number of hydrogen-bond donors (Lipinski definition) is 2. The van der Waals surface area contributed by atoms with Crippen LogP contribution in [0.4, 0.5) is 9.18 Å². The molecule has 1 aliphatic heterocycles. The van der Waals surface area contributed by atoms with Gasteiger partial charge in [-0.15, -0.1) is 0 Å². The summed E-state index contributed by atoms with van der Waals surface area (Å²) in [4.78, 5) is 27.1. The summed E-state index contributed by atoms with van der Waals surface area (Å²) in [6.45, 7) is 2.43. The van der Waals surface area contributed by atoms with Crippen LogP contribution in [-0.4, -0.2) is 35.1 Å². The number of hydrogen-bond acceptors (Lipinski definition) is 4. The molecular weight excluding hydrogens is 545 g/mol. The van der Waals surface area contributed by atoms with Crippen molar-refractivity contribution in [2.45, 2.75) is 19.1 Å². The molecule has 0 aromatic heterocycles. The highest BCUT2D eigenvalue weighted by Crippen LogP contribution is 2.39. The molecule has 2 amide bonds. The Kier molecular flexibility index (Phi) is 8.01. The molecule has 3 aromatic rings. The normalized spacial score (nSPS) is 19.0. The summed E-state index contributed by atoms with van der Waals surface area (Å²) in [5, 5.41) is 5.89. The van der Waals surface area contributed by atoms with Gasteiger partial charge in [0.25, 0.3) is 5.91 Å². The number of thiocarbonyl (C=S) groups is 1. The Hall–Kier alpha value is -3.30. The van der Waals surface area contributed by atoms with Crippen LogP contribution < -0.4 is 10.6 Å². The second-order valence-corrected chi connectivity index (χ2v) is 10.0. The molecule has 4 rings (SSSR count). The van der Waals surface area contributed by atoms with Crippen molar-refractivity contribution in [2.75, 3.05) is 13.1 Å². The molecule has 0 spiro atoms. The lowest BCUT2D eigenvalue weighted by Gasteiger charge is -2.36. The van der Waals surface area contributed by atoms with Crippen molar-refractivity contribution in [2.24, 2.45) is 5.92 Å². The molecular formula is C27H25BrFN3O3S. The minimum atomic E-state index is -1.10. The lowest BCUT2D eigenvalue weighted by molar-refractivity contribution is 0.0970. The van der Waals surface area contributed by atoms with Gasteiger partial charge >= 0.3 is 6.09 Å². The summed E-state index contributed by atoms with van der Waals surface area (Å²) in [6.07, 6.45) is -0.510. The first-order chi connectivity index (χ1) is 17.3. The Balaban J connectivity index is 1.56. The van der Waals surface area contributed by atoms with Crippen LogP contribution in [0.3, 0.4) is 0 Å². The van der Waals surface area contributed by atoms with Crippen LogP contribution in [0.25, 0.3) is 0 Å². The number of benzene rings is 3. The molecule has 186 valence electrons. The third-order valence-electron chi connectivity index (χ3n) is 6.25. The van der Waals surface area contributed by atoms with Crippen molar-refractivity contribution in [3.63, 3.8) is 0 Å². The number of carbonyl (C=O) groups is 2. The van der Waals surface area contributed by atoms with Crippen molar-refractivity contribution in [3.05, 3.63) is 106 Å². The van der Waals surface area contributed by atoms with Gasteiger partial charge in [-0.05, 0) is 48.1 Å². The maximum absolute atomic E-state index is 15.2. The van der Waals surface area contributed by atoms with Crippen LogP contribution in [0.15, 0.2) is 83.3 Å². The highest BCUT2D eigenvalue weighted by atomic mass is 79.9. The molecule has 0 aliphatic carbocycles. The average molecular weight is 570 g/mol. The molecule has 1 fully saturated rings. The summed E-state index contributed by atoms with van der Waals surface area (Å²) in [5.74, 6) is -1.10. The number of nitrogens with one attached hydrogen (secondary N) is 2. The first kappa shape index (κ1) is 25.8. The fraction of sp³-hybridized carbons (Fsp3) is 0.222. The Morgan fingerprint density at radius 1 is 1.11 bits per heavy atom. The van der Waals surface area contributed by atoms with E-state index < -0.39 is 17.4 Å². The lowest BCUT2D eigenvalue weighted by atomic mass is 9.81. The van der Waals surface area contributed by atoms with Crippen LogP contribution in [0.1, 0.15) is 28.4 Å². The summed E-state index contributed by atoms with van der Waals surface area (Å²) in [6, 6.07) is 22.7. The van der Waals surface area contributed by atoms with E-state index in [9.17, 15) is 9.59 Å². The molecule has 3 aromatic carbocycles. The standard InChI is InChI=1S/C27H25BrFN3O3S/c1-18-15-32(26(34)35-16-19-8-4-2-5-9-19)17-27(18,22-14-21(28)12-13-23(22)29)31-25(36)30-24(33)20-10-6-3-7-11-20/h2-14,18H,15-17H2,1H3,(H2,30,31,33,36). The molecule has 0 bridgehead atoms. The molecule has 2 unspecified atom stereocenters. The topological polar surface area (TPSA) is 70.7 Å². The molecule has 36 heavy (non-hydrogen) atoms. The molecule has 1 saturated heterocycles. The van der Waals surface area contributed by atoms with Gasteiger partial charge in [-0.2, -0.15) is 0 Å². The summed E-state index contributed by atoms with van der Waals surface area (Å²) in [5.41, 5.74) is 0.542. The van der Waals surface area contributed by atoms with E-state index in [2.05, 4.69) is 26.6 Å². The van der Waals surface area contributed by atoms with Crippen LogP contribution >= 0.6 is 28.1 Å². The third kappa shape index (κ3) is 5.74. The summed E-state index contributed by atoms with van der Waals surface area (Å²) >= 11 is 8.89. The van der Waals surface area contributed by atoms with E-state index in [-0.39, 0.29) is 30.1 Å². The Labute approximate surface area is 223 Å². The van der Waals surface area contributed by atoms with Crippen molar-refractivity contribution in [1.29, 1.82) is 0 Å². The SMILES string of the molecule is CC1CN(C(=O)OCc2ccccc2)CC1(NC(=S)NC(=O)c1ccccc1)c1cc(Br)ccc1F. The van der Waals surface area contributed by atoms with Crippen LogP contribution in [0, 0.1) is 11.7 Å². The number of rotatable bonds is 5. The van der Waals surface area contributed by atoms with Gasteiger partial charge < -0.3 is 15.0 Å². The van der Waals surface area contributed by atoms with Crippen molar-refractivity contribution < 1.29 is 18.7 Å². The number of amides is 2. The first-order valence-electron chi connectivity index (χ1n) is 11.4. The summed E-state index contributed by atoms with van der Waals surface area (Å²) in [7, 11) is 0. The van der Waals surface area contributed by atoms with Gasteiger partial charge in [0, 0.05) is 28.1 Å². The molecule has 6 nitrogen and oxygen atoms in total. The zero-order chi connectivity index (χ0) is 25.7. The van der Waals surface area contributed by atoms with Gasteiger partial charge in [-0.25, -0.2) is 9.18 Å². The van der Waals surface area contributed by atoms with E-state index in [4.69, 9.17) is 17.0 Å². The van der Waals surface area contributed by atoms with E-state index >= 15 is 4.39 Å². The van der Waals surface area contributed by atoms with Crippen LogP contribution in [0.2, 0.25) is 0 Å². The van der Waals surface area contributed by atoms with E-state index in [0.29, 0.717) is 22.1 Å². The lowest BCUT2D eigenvalue weighted by Crippen LogP contribution is -2.55. The number of carbonyl (C=O) groups excluding carboxylic acids is 2. The van der Waals surface area contributed by atoms with Gasteiger partial charge in [0.15, 0.2) is 5.11 Å². The second-order valence-electron chi connectivity index (χ2n) is 8.69. The first-order valence-corrected chi connectivity index (χ1v) is 12.6. The average Bonchev–Trinajstić information content (AvgIpc) is 3.21. The van der Waals surface area contributed by atoms with Crippen molar-refractivity contribution in [1.82, 2.24) is 15.5 Å². The van der Waals surface area contributed by atoms with E-state index in [1.165, 1.54) is 11.0 Å². The predicted octanol–water partition coefficient (Wildman–Crippen LogP) is 5.38. The van der Waals surface area contributed by atoms with Crippen LogP contribution in [0.5, 0.6) is 0 Å². The Morgan fingerprint density at radius 3 is 2.47 bits per heavy atom. The highest BCUT2D eigenvalue weighted by molar-refractivity contribution is 9.10. The van der Waals surface area contributed by atoms with Crippen molar-refractivity contribution >= 4 is 45.3 Å². The number of nitrogens with zero attached hydrogens (tertiary/aromatic N) is 1. The molecule has 2 N–H and O–H groups in total. The van der Waals surface area contributed by atoms with Gasteiger partial charge in [0.05, 0.1) is 12.1 Å². The second kappa shape index (κ2) is 11.2. The molecule has 1 heterocycles. The fourth-order valence-corrected chi connectivity index (χ4v) is 5.01. The molecule has 1 aliphatic rings. The Morgan fingerprint density at radius 2 is 1.78 bits per heavy atom. The van der Waals surface area contributed by atoms with Gasteiger partial charge in [0.2, 0.25) is 0 Å². The zero-order valence-electron chi connectivity index (χ0n) is 19.5. The quantitative estimate of drug-likeness (QED) is 0.404. The minimum Gasteiger partial charge on any atom is -0.445 e. The number of ether oxygens (including phenoxy) is 1. The molecule has 2 atom stereocenters. The fourth-order valence-electron chi connectivity index (χ4n) is 4.38. The van der Waals surface area contributed by atoms with E-state index in [1.54, 1.807) is 36.4 Å². The van der Waals surface area contributed by atoms with Gasteiger partial charge in [-0.3, -0.25) is 10.1 Å². The minimum absolute atomic E-state index is 0.0366. The third-order valence-corrected chi connectivity index (χ3v) is 6.95.